The van der Waals surface area contributed by atoms with Gasteiger partial charge in [0.2, 0.25) is 0 Å². The maximum absolute atomic E-state index is 10.2. The molecule has 0 aliphatic rings. The maximum Gasteiger partial charge on any atom is 0.303 e. The lowest BCUT2D eigenvalue weighted by molar-refractivity contribution is -0.137. The van der Waals surface area contributed by atoms with Gasteiger partial charge in [-0.15, -0.1) is 11.6 Å². The van der Waals surface area contributed by atoms with Gasteiger partial charge >= 0.3 is 5.97 Å². The molecule has 0 spiro atoms. The molecule has 0 radical (unpaired) electrons. The van der Waals surface area contributed by atoms with Crippen LogP contribution in [-0.2, 0) is 4.79 Å². The van der Waals surface area contributed by atoms with Gasteiger partial charge in [-0.2, -0.15) is 0 Å². The second-order valence-corrected chi connectivity index (χ2v) is 7.82. The van der Waals surface area contributed by atoms with E-state index in [0.29, 0.717) is 6.42 Å². The molecule has 1 N–H and O–H groups in total. The molecule has 0 heterocycles. The van der Waals surface area contributed by atoms with E-state index in [1.54, 1.807) is 0 Å². The minimum Gasteiger partial charge on any atom is -0.481 e. The van der Waals surface area contributed by atoms with Crippen LogP contribution >= 0.6 is 11.6 Å². The van der Waals surface area contributed by atoms with Crippen molar-refractivity contribution >= 4 is 17.6 Å². The highest BCUT2D eigenvalue weighted by atomic mass is 35.5. The number of alkyl halides is 1. The third kappa shape index (κ3) is 28.8. The molecule has 3 heteroatoms. The molecule has 152 valence electrons. The van der Waals surface area contributed by atoms with Crippen LogP contribution in [0.3, 0.4) is 0 Å². The van der Waals surface area contributed by atoms with E-state index in [2.05, 4.69) is 20.8 Å². The van der Waals surface area contributed by atoms with Crippen molar-refractivity contribution < 1.29 is 9.90 Å². The Morgan fingerprint density at radius 3 is 1.44 bits per heavy atom. The highest BCUT2D eigenvalue weighted by molar-refractivity contribution is 6.20. The summed E-state index contributed by atoms with van der Waals surface area (Å²) in [6, 6.07) is 0. The minimum atomic E-state index is -0.725. The highest BCUT2D eigenvalue weighted by Gasteiger charge is 2.05. The summed E-state index contributed by atoms with van der Waals surface area (Å²) in [6.45, 7) is 6.72. The van der Waals surface area contributed by atoms with E-state index in [0.717, 1.165) is 19.3 Å². The van der Waals surface area contributed by atoms with E-state index < -0.39 is 5.97 Å². The molecule has 0 amide bonds. The lowest BCUT2D eigenvalue weighted by atomic mass is 10.1. The number of hydrogen-bond acceptors (Lipinski definition) is 1. The summed E-state index contributed by atoms with van der Waals surface area (Å²) in [5.41, 5.74) is 0. The van der Waals surface area contributed by atoms with Crippen molar-refractivity contribution in [3.05, 3.63) is 0 Å². The second-order valence-electron chi connectivity index (χ2n) is 7.21. The Labute approximate surface area is 163 Å². The molecule has 2 nitrogen and oxygen atoms in total. The van der Waals surface area contributed by atoms with Gasteiger partial charge in [-0.25, -0.2) is 0 Å². The van der Waals surface area contributed by atoms with Crippen LogP contribution in [0, 0.1) is 0 Å². The Hall–Kier alpha value is -0.240. The minimum absolute atomic E-state index is 0.172. The Morgan fingerprint density at radius 1 is 0.680 bits per heavy atom. The fourth-order valence-corrected chi connectivity index (χ4v) is 3.10. The Kier molecular flexibility index (Phi) is 25.6. The SMILES string of the molecule is CCCCCC(Cl)CCCC(=O)O.CCCCCCCCCCCC. The first-order chi connectivity index (χ1) is 12.1. The number of carbonyl (C=O) groups is 1. The molecule has 0 aromatic heterocycles. The summed E-state index contributed by atoms with van der Waals surface area (Å²) in [4.78, 5) is 10.2. The molecular formula is C22H45ClO2. The van der Waals surface area contributed by atoms with Crippen LogP contribution < -0.4 is 0 Å². The summed E-state index contributed by atoms with van der Waals surface area (Å²) in [7, 11) is 0. The van der Waals surface area contributed by atoms with Crippen LogP contribution in [0.5, 0.6) is 0 Å². The molecular weight excluding hydrogens is 332 g/mol. The number of halogens is 1. The number of aliphatic carboxylic acids is 1. The standard InChI is InChI=1S/C12H26.C10H19ClO2/c1-3-5-7-9-11-12-10-8-6-4-2;1-2-3-4-6-9(11)7-5-8-10(12)13/h3-12H2,1-2H3;9H,2-8H2,1H3,(H,12,13). The van der Waals surface area contributed by atoms with E-state index in [1.165, 1.54) is 77.0 Å². The lowest BCUT2D eigenvalue weighted by Gasteiger charge is -2.07. The van der Waals surface area contributed by atoms with Crippen LogP contribution in [0.4, 0.5) is 0 Å². The van der Waals surface area contributed by atoms with Gasteiger partial charge in [0.15, 0.2) is 0 Å². The average Bonchev–Trinajstić information content (AvgIpc) is 2.58. The zero-order chi connectivity index (χ0) is 19.2. The topological polar surface area (TPSA) is 37.3 Å². The molecule has 0 saturated heterocycles. The molecule has 0 aromatic rings. The third-order valence-corrected chi connectivity index (χ3v) is 4.92. The summed E-state index contributed by atoms with van der Waals surface area (Å²) in [6.07, 6.45) is 20.8. The number of unbranched alkanes of at least 4 members (excludes halogenated alkanes) is 11. The average molecular weight is 377 g/mol. The maximum atomic E-state index is 10.2. The van der Waals surface area contributed by atoms with E-state index in [9.17, 15) is 4.79 Å². The van der Waals surface area contributed by atoms with Gasteiger partial charge in [0.1, 0.15) is 0 Å². The van der Waals surface area contributed by atoms with Gasteiger partial charge in [-0.05, 0) is 19.3 Å². The van der Waals surface area contributed by atoms with E-state index >= 15 is 0 Å². The fourth-order valence-electron chi connectivity index (χ4n) is 2.80. The molecule has 0 bridgehead atoms. The van der Waals surface area contributed by atoms with Crippen LogP contribution in [-0.4, -0.2) is 16.5 Å². The Morgan fingerprint density at radius 2 is 1.04 bits per heavy atom. The highest BCUT2D eigenvalue weighted by Crippen LogP contribution is 2.15. The van der Waals surface area contributed by atoms with Crippen molar-refractivity contribution in [1.82, 2.24) is 0 Å². The molecule has 0 rings (SSSR count). The van der Waals surface area contributed by atoms with Crippen LogP contribution in [0.25, 0.3) is 0 Å². The molecule has 0 aliphatic carbocycles. The molecule has 0 saturated carbocycles. The molecule has 25 heavy (non-hydrogen) atoms. The Balaban J connectivity index is 0. The lowest BCUT2D eigenvalue weighted by Crippen LogP contribution is -2.01. The molecule has 0 aliphatic heterocycles. The largest absolute Gasteiger partial charge is 0.481 e. The van der Waals surface area contributed by atoms with E-state index in [-0.39, 0.29) is 11.8 Å². The number of carboxylic acid groups (broad SMARTS) is 1. The second kappa shape index (κ2) is 23.8. The third-order valence-electron chi connectivity index (χ3n) is 4.49. The van der Waals surface area contributed by atoms with Gasteiger partial charge in [-0.1, -0.05) is 104 Å². The summed E-state index contributed by atoms with van der Waals surface area (Å²) < 4.78 is 0. The van der Waals surface area contributed by atoms with Crippen LogP contribution in [0.15, 0.2) is 0 Å². The van der Waals surface area contributed by atoms with E-state index in [1.807, 2.05) is 0 Å². The number of rotatable bonds is 17. The van der Waals surface area contributed by atoms with Crippen molar-refractivity contribution in [3.63, 3.8) is 0 Å². The predicted molar refractivity (Wildman–Crippen MR) is 113 cm³/mol. The van der Waals surface area contributed by atoms with Crippen molar-refractivity contribution in [2.24, 2.45) is 0 Å². The van der Waals surface area contributed by atoms with Crippen molar-refractivity contribution in [2.45, 2.75) is 135 Å². The van der Waals surface area contributed by atoms with Crippen molar-refractivity contribution in [3.8, 4) is 0 Å². The molecule has 1 unspecified atom stereocenters. The molecule has 0 fully saturated rings. The monoisotopic (exact) mass is 376 g/mol. The van der Waals surface area contributed by atoms with Gasteiger partial charge in [0.05, 0.1) is 0 Å². The normalized spacial score (nSPS) is 11.7. The zero-order valence-electron chi connectivity index (χ0n) is 17.3. The number of carboxylic acids is 1. The predicted octanol–water partition coefficient (Wildman–Crippen LogP) is 8.36. The summed E-state index contributed by atoms with van der Waals surface area (Å²) in [5.74, 6) is -0.725. The quantitative estimate of drug-likeness (QED) is 0.204. The molecule has 0 aromatic carbocycles. The zero-order valence-corrected chi connectivity index (χ0v) is 18.1. The van der Waals surface area contributed by atoms with Crippen LogP contribution in [0.1, 0.15) is 130 Å². The number of hydrogen-bond donors (Lipinski definition) is 1. The fraction of sp³-hybridized carbons (Fsp3) is 0.955. The Bertz CT molecular complexity index is 246. The smallest absolute Gasteiger partial charge is 0.303 e. The first-order valence-electron chi connectivity index (χ1n) is 10.9. The van der Waals surface area contributed by atoms with Gasteiger partial charge in [0, 0.05) is 11.8 Å². The van der Waals surface area contributed by atoms with Gasteiger partial charge in [-0.3, -0.25) is 4.79 Å². The molecule has 1 atom stereocenters. The summed E-state index contributed by atoms with van der Waals surface area (Å²) >= 11 is 6.01. The van der Waals surface area contributed by atoms with Crippen molar-refractivity contribution in [1.29, 1.82) is 0 Å². The summed E-state index contributed by atoms with van der Waals surface area (Å²) in [5, 5.41) is 8.57. The first-order valence-corrected chi connectivity index (χ1v) is 11.4. The van der Waals surface area contributed by atoms with Gasteiger partial charge in [0.25, 0.3) is 0 Å². The van der Waals surface area contributed by atoms with Crippen LogP contribution in [0.2, 0.25) is 0 Å². The first kappa shape index (κ1) is 27.0. The van der Waals surface area contributed by atoms with E-state index in [4.69, 9.17) is 16.7 Å². The van der Waals surface area contributed by atoms with Crippen molar-refractivity contribution in [2.75, 3.05) is 0 Å². The van der Waals surface area contributed by atoms with Gasteiger partial charge < -0.3 is 5.11 Å².